The van der Waals surface area contributed by atoms with Crippen LogP contribution in [-0.4, -0.2) is 136 Å². The molecule has 10 amide bonds. The number of hydrogen-bond acceptors (Lipinski definition) is 14. The molecule has 0 heterocycles. The number of carboxylic acids is 2. The van der Waals surface area contributed by atoms with Gasteiger partial charge in [0, 0.05) is 48.2 Å². The summed E-state index contributed by atoms with van der Waals surface area (Å²) < 4.78 is 0. The van der Waals surface area contributed by atoms with Crippen LogP contribution in [0.4, 0.5) is 9.59 Å². The van der Waals surface area contributed by atoms with Crippen LogP contribution < -0.4 is 77.4 Å². The fraction of sp³-hybridized carbons (Fsp3) is 0.380. The van der Waals surface area contributed by atoms with Crippen molar-refractivity contribution in [1.82, 2.24) is 47.9 Å². The summed E-state index contributed by atoms with van der Waals surface area (Å²) >= 11 is 0. The van der Waals surface area contributed by atoms with E-state index in [-0.39, 0.29) is 107 Å². The number of aryl methyl sites for hydroxylation is 2. The summed E-state index contributed by atoms with van der Waals surface area (Å²) in [7, 11) is 2.76. The number of hydrogen-bond donors (Lipinski definition) is 11. The van der Waals surface area contributed by atoms with Crippen molar-refractivity contribution in [3.8, 4) is 0 Å². The number of rotatable bonds is 30. The summed E-state index contributed by atoms with van der Waals surface area (Å²) in [6.07, 6.45) is 11.5. The topological polar surface area (TPSA) is 377 Å². The van der Waals surface area contributed by atoms with Gasteiger partial charge in [0.25, 0.3) is 0 Å². The molecule has 26 heteroatoms. The van der Waals surface area contributed by atoms with Crippen LogP contribution >= 0.6 is 0 Å². The van der Waals surface area contributed by atoms with E-state index < -0.39 is 77.6 Å². The third kappa shape index (κ3) is 33.8. The van der Waals surface area contributed by atoms with E-state index in [1.165, 1.54) is 45.3 Å². The summed E-state index contributed by atoms with van der Waals surface area (Å²) in [5.74, 6) is -5.12. The predicted molar refractivity (Wildman–Crippen MR) is 274 cm³/mol. The van der Waals surface area contributed by atoms with E-state index in [1.54, 1.807) is 48.6 Å². The summed E-state index contributed by atoms with van der Waals surface area (Å²) in [6, 6.07) is 8.26. The van der Waals surface area contributed by atoms with Crippen molar-refractivity contribution in [2.24, 2.45) is 0 Å². The Hall–Kier alpha value is -7.79. The molecule has 0 spiro atoms. The molecule has 403 valence electrons. The number of nitrogens with one attached hydrogen (secondary N) is 9. The van der Waals surface area contributed by atoms with E-state index in [4.69, 9.17) is 22.0 Å². The Kier molecular flexibility index (Phi) is 41.6. The van der Waals surface area contributed by atoms with E-state index in [2.05, 4.69) is 54.4 Å². The van der Waals surface area contributed by atoms with Crippen LogP contribution in [0.5, 0.6) is 0 Å². The maximum atomic E-state index is 12.3. The average Bonchev–Trinajstić information content (AvgIpc) is 3.37. The molecule has 2 aromatic rings. The molecular weight excluding hydrogens is 998 g/mol. The van der Waals surface area contributed by atoms with Crippen LogP contribution in [0.1, 0.15) is 96.6 Å². The van der Waals surface area contributed by atoms with Gasteiger partial charge in [-0.05, 0) is 87.3 Å². The Bertz CT molecular complexity index is 2310. The van der Waals surface area contributed by atoms with Gasteiger partial charge in [-0.2, -0.15) is 0 Å². The Balaban J connectivity index is -0.00000137. The Morgan fingerprint density at radius 3 is 1.41 bits per heavy atom. The molecule has 0 aliphatic rings. The Morgan fingerprint density at radius 2 is 1.04 bits per heavy atom. The largest absolute Gasteiger partial charge is 1.00 e. The summed E-state index contributed by atoms with van der Waals surface area (Å²) in [5.41, 5.74) is 2.05. The molecule has 0 fully saturated rings. The van der Waals surface area contributed by atoms with Gasteiger partial charge in [0.2, 0.25) is 35.4 Å². The summed E-state index contributed by atoms with van der Waals surface area (Å²) in [6.45, 7) is 9.66. The number of aldehydes is 1. The van der Waals surface area contributed by atoms with Crippen molar-refractivity contribution in [2.75, 3.05) is 27.3 Å². The first-order chi connectivity index (χ1) is 35.3. The molecule has 2 rings (SSSR count). The molecule has 0 unspecified atom stereocenters. The van der Waals surface area contributed by atoms with Crippen molar-refractivity contribution in [3.05, 3.63) is 114 Å². The number of ketones is 1. The van der Waals surface area contributed by atoms with Gasteiger partial charge >= 0.3 is 53.6 Å². The molecule has 0 aliphatic carbocycles. The SMILES string of the molecule is C=C/C=C\C=C\C[C@H](NCNC(=O)CC[C@H](NC(=O)NC(=O)CCCc1ccc(C(=O)O)cc1)C(=O)NC)C(C)=O.CNC(=O)[C@H](CCC(=O)NCC=O)NC(=O)NC(=O)CCCc1ccc(C(=O)O)cc1.[B].[C-]#N.[Na+]. The summed E-state index contributed by atoms with van der Waals surface area (Å²) in [4.78, 5) is 140. The number of nitrogens with zero attached hydrogens (tertiary/aromatic N) is 1. The third-order valence-electron chi connectivity index (χ3n) is 10.1. The standard InChI is InChI=1S/C29H39N5O7.C20H26N4O7.CN.B.Na/c1-4-5-6-7-8-11-23(20(2)35)31-19-32-25(36)18-17-24(27(38)30-3)33-29(41)34-26(37)12-9-10-21-13-15-22(16-14-21)28(39)40;1-21-18(28)15(9-10-16(26)22-11-12-25)23-20(31)24-17(27)4-2-3-13-5-7-14(8-6-13)19(29)30;1-2;;/h4-8,13-16,23-24,31H,1,9-12,17-19H2,2-3H3,(H,30,38)(H,32,36)(H,39,40)(H2,33,34,37,41);5-8,12,15H,2-4,9-11H2,1H3,(H,21,28)(H,22,26)(H,29,30)(H2,23,24,27,31);;;/q;;-1;;+1/b6-5-,8-7+;;;;/t23-,24-;15-;;;/m00.../s1. The van der Waals surface area contributed by atoms with E-state index in [0.29, 0.717) is 38.4 Å². The predicted octanol–water partition coefficient (Wildman–Crippen LogP) is -1.80. The van der Waals surface area contributed by atoms with Gasteiger partial charge < -0.3 is 58.7 Å². The first-order valence-corrected chi connectivity index (χ1v) is 23.0. The molecule has 2 aromatic carbocycles. The first kappa shape index (κ1) is 72.5. The smallest absolute Gasteiger partial charge is 0.512 e. The Labute approximate surface area is 465 Å². The number of urea groups is 2. The molecule has 3 radical (unpaired) electrons. The molecule has 3 atom stereocenters. The molecule has 0 aromatic heterocycles. The van der Waals surface area contributed by atoms with Crippen LogP contribution in [0, 0.1) is 11.8 Å². The normalized spacial score (nSPS) is 11.2. The number of allylic oxidation sites excluding steroid dienone is 4. The van der Waals surface area contributed by atoms with Crippen LogP contribution in [0.25, 0.3) is 0 Å². The number of carboxylic acid groups (broad SMARTS) is 2. The minimum Gasteiger partial charge on any atom is -0.512 e. The number of imide groups is 2. The van der Waals surface area contributed by atoms with Crippen LogP contribution in [0.3, 0.4) is 0 Å². The zero-order valence-corrected chi connectivity index (χ0v) is 45.0. The number of benzene rings is 2. The zero-order chi connectivity index (χ0) is 55.8. The van der Waals surface area contributed by atoms with Gasteiger partial charge in [-0.25, -0.2) is 19.2 Å². The monoisotopic (exact) mass is 1060 g/mol. The van der Waals surface area contributed by atoms with Gasteiger partial charge in [0.15, 0.2) is 0 Å². The second-order valence-electron chi connectivity index (χ2n) is 15.6. The molecule has 0 saturated heterocycles. The van der Waals surface area contributed by atoms with Crippen molar-refractivity contribution < 1.29 is 97.3 Å². The number of likely N-dealkylation sites (N-methyl/N-ethyl adjacent to an activating group) is 2. The number of carbonyl (C=O) groups excluding carboxylic acids is 10. The minimum absolute atomic E-state index is 0. The van der Waals surface area contributed by atoms with Crippen LogP contribution in [0.2, 0.25) is 0 Å². The van der Waals surface area contributed by atoms with Crippen molar-refractivity contribution in [3.63, 3.8) is 0 Å². The molecule has 0 saturated carbocycles. The second kappa shape index (κ2) is 43.6. The summed E-state index contributed by atoms with van der Waals surface area (Å²) in [5, 5.41) is 45.8. The van der Waals surface area contributed by atoms with Gasteiger partial charge in [0.1, 0.15) is 24.2 Å². The number of carbonyl (C=O) groups is 12. The number of aromatic carboxylic acids is 2. The van der Waals surface area contributed by atoms with Gasteiger partial charge in [0.05, 0.1) is 30.4 Å². The van der Waals surface area contributed by atoms with Crippen molar-refractivity contribution >= 4 is 79.9 Å². The van der Waals surface area contributed by atoms with E-state index in [0.717, 1.165) is 11.1 Å². The van der Waals surface area contributed by atoms with Gasteiger partial charge in [-0.1, -0.05) is 61.2 Å². The maximum absolute atomic E-state index is 12.3. The molecule has 24 nitrogen and oxygen atoms in total. The fourth-order valence-corrected chi connectivity index (χ4v) is 6.17. The first-order valence-electron chi connectivity index (χ1n) is 23.0. The molecule has 0 bridgehead atoms. The number of Topliss-reactive ketones (excluding diaryl/α,β-unsaturated/α-hetero) is 1. The molecule has 0 aliphatic heterocycles. The molecule has 11 N–H and O–H groups in total. The van der Waals surface area contributed by atoms with E-state index in [1.807, 2.05) is 6.08 Å². The maximum Gasteiger partial charge on any atom is 1.00 e. The number of amides is 10. The van der Waals surface area contributed by atoms with Crippen LogP contribution in [0.15, 0.2) is 85.5 Å². The third-order valence-corrected chi connectivity index (χ3v) is 10.1. The van der Waals surface area contributed by atoms with Crippen LogP contribution in [-0.2, 0) is 51.2 Å². The van der Waals surface area contributed by atoms with E-state index in [9.17, 15) is 57.5 Å². The van der Waals surface area contributed by atoms with Gasteiger partial charge in [-0.3, -0.25) is 49.5 Å². The quantitative estimate of drug-likeness (QED) is 0.0135. The van der Waals surface area contributed by atoms with Crippen molar-refractivity contribution in [2.45, 2.75) is 95.7 Å². The van der Waals surface area contributed by atoms with Gasteiger partial charge in [-0.15, -0.1) is 0 Å². The zero-order valence-electron chi connectivity index (χ0n) is 43.0. The molecule has 76 heavy (non-hydrogen) atoms. The minimum atomic E-state index is -1.06. The van der Waals surface area contributed by atoms with Crippen molar-refractivity contribution in [1.29, 1.82) is 5.26 Å². The average molecular weight is 1060 g/mol. The second-order valence-corrected chi connectivity index (χ2v) is 15.6. The Morgan fingerprint density at radius 1 is 0.618 bits per heavy atom. The molecular formula is C50H65BN10NaO14. The fourth-order valence-electron chi connectivity index (χ4n) is 6.17. The van der Waals surface area contributed by atoms with E-state index >= 15 is 0 Å².